The van der Waals surface area contributed by atoms with Crippen LogP contribution in [0.3, 0.4) is 0 Å². The molecule has 0 aliphatic carbocycles. The van der Waals surface area contributed by atoms with Crippen LogP contribution in [0.5, 0.6) is 5.75 Å². The Hall–Kier alpha value is -1.60. The Bertz CT molecular complexity index is 639. The number of nitrogens with one attached hydrogen (secondary N) is 2. The Morgan fingerprint density at radius 3 is 2.39 bits per heavy atom. The molecule has 0 fully saturated rings. The summed E-state index contributed by atoms with van der Waals surface area (Å²) in [6.07, 6.45) is 0. The molecule has 0 aliphatic rings. The number of benzene rings is 1. The smallest absolute Gasteiger partial charge is 0.251 e. The molecule has 1 aromatic rings. The molecule has 1 aromatic carbocycles. The lowest BCUT2D eigenvalue weighted by molar-refractivity contribution is 0.0948. The number of sulfonamides is 1. The van der Waals surface area contributed by atoms with Crippen molar-refractivity contribution in [2.45, 2.75) is 45.6 Å². The largest absolute Gasteiger partial charge is 0.492 e. The number of amides is 1. The molecule has 6 nitrogen and oxygen atoms in total. The van der Waals surface area contributed by atoms with Gasteiger partial charge in [-0.15, -0.1) is 0 Å². The molecule has 0 aliphatic heterocycles. The van der Waals surface area contributed by atoms with Crippen molar-refractivity contribution in [1.82, 2.24) is 10.0 Å². The number of hydrogen-bond donors (Lipinski definition) is 2. The summed E-state index contributed by atoms with van der Waals surface area (Å²) >= 11 is 0. The molecule has 0 aromatic heterocycles. The van der Waals surface area contributed by atoms with Crippen molar-refractivity contribution in [3.8, 4) is 5.75 Å². The van der Waals surface area contributed by atoms with Crippen molar-refractivity contribution in [3.63, 3.8) is 0 Å². The van der Waals surface area contributed by atoms with E-state index in [-0.39, 0.29) is 22.6 Å². The summed E-state index contributed by atoms with van der Waals surface area (Å²) in [4.78, 5) is 12.1. The number of hydrogen-bond acceptors (Lipinski definition) is 4. The highest BCUT2D eigenvalue weighted by Gasteiger charge is 2.22. The minimum absolute atomic E-state index is 0.0229. The normalized spacial score (nSPS) is 11.8. The predicted octanol–water partition coefficient (Wildman–Crippen LogP) is 2.16. The molecule has 1 rings (SSSR count). The quantitative estimate of drug-likeness (QED) is 0.758. The molecule has 0 saturated heterocycles. The van der Waals surface area contributed by atoms with Crippen molar-refractivity contribution in [3.05, 3.63) is 23.8 Å². The zero-order valence-electron chi connectivity index (χ0n) is 14.3. The summed E-state index contributed by atoms with van der Waals surface area (Å²) in [5.74, 6) is 0.247. The minimum atomic E-state index is -3.75. The van der Waals surface area contributed by atoms with Crippen LogP contribution in [-0.4, -0.2) is 33.5 Å². The summed E-state index contributed by atoms with van der Waals surface area (Å²) in [7, 11) is -3.75. The summed E-state index contributed by atoms with van der Waals surface area (Å²) in [6.45, 7) is 10.1. The Morgan fingerprint density at radius 2 is 1.87 bits per heavy atom. The van der Waals surface area contributed by atoms with Gasteiger partial charge in [-0.25, -0.2) is 13.1 Å². The van der Waals surface area contributed by atoms with Gasteiger partial charge in [0.15, 0.2) is 0 Å². The van der Waals surface area contributed by atoms with Gasteiger partial charge in [0.25, 0.3) is 5.91 Å². The Morgan fingerprint density at radius 1 is 1.22 bits per heavy atom. The van der Waals surface area contributed by atoms with Gasteiger partial charge in [0.1, 0.15) is 10.6 Å². The van der Waals surface area contributed by atoms with Crippen LogP contribution in [-0.2, 0) is 10.0 Å². The van der Waals surface area contributed by atoms with Crippen molar-refractivity contribution in [2.24, 2.45) is 5.92 Å². The lowest BCUT2D eigenvalue weighted by atomic mass is 10.2. The molecule has 0 radical (unpaired) electrons. The molecule has 0 saturated carbocycles. The maximum atomic E-state index is 12.5. The number of rotatable bonds is 8. The second-order valence-corrected chi connectivity index (χ2v) is 7.66. The average Bonchev–Trinajstić information content (AvgIpc) is 2.44. The lowest BCUT2D eigenvalue weighted by Crippen LogP contribution is -2.31. The van der Waals surface area contributed by atoms with Crippen molar-refractivity contribution >= 4 is 15.9 Å². The van der Waals surface area contributed by atoms with Crippen LogP contribution in [0.1, 0.15) is 45.0 Å². The Balaban J connectivity index is 3.20. The first-order chi connectivity index (χ1) is 10.7. The van der Waals surface area contributed by atoms with E-state index in [0.717, 1.165) is 0 Å². The zero-order chi connectivity index (χ0) is 17.6. The van der Waals surface area contributed by atoms with Crippen molar-refractivity contribution < 1.29 is 17.9 Å². The summed E-state index contributed by atoms with van der Waals surface area (Å²) < 4.78 is 32.8. The van der Waals surface area contributed by atoms with Crippen LogP contribution in [0.15, 0.2) is 23.1 Å². The third kappa shape index (κ3) is 5.84. The van der Waals surface area contributed by atoms with Gasteiger partial charge in [0.05, 0.1) is 6.61 Å². The molecule has 0 spiro atoms. The Kier molecular flexibility index (Phi) is 7.02. The SMILES string of the molecule is CCOc1ccc(C(=O)NCC(C)C)cc1S(=O)(=O)NC(C)C. The molecule has 7 heteroatoms. The van der Waals surface area contributed by atoms with E-state index in [1.54, 1.807) is 26.8 Å². The molecule has 130 valence electrons. The lowest BCUT2D eigenvalue weighted by Gasteiger charge is -2.15. The molecular weight excluding hydrogens is 316 g/mol. The summed E-state index contributed by atoms with van der Waals surface area (Å²) in [6, 6.07) is 4.18. The van der Waals surface area contributed by atoms with Crippen LogP contribution in [0.2, 0.25) is 0 Å². The average molecular weight is 342 g/mol. The number of carbonyl (C=O) groups is 1. The van der Waals surface area contributed by atoms with E-state index in [4.69, 9.17) is 4.74 Å². The number of carbonyl (C=O) groups excluding carboxylic acids is 1. The van der Waals surface area contributed by atoms with E-state index in [9.17, 15) is 13.2 Å². The first-order valence-electron chi connectivity index (χ1n) is 7.74. The first kappa shape index (κ1) is 19.4. The second kappa shape index (κ2) is 8.31. The first-order valence-corrected chi connectivity index (χ1v) is 9.23. The highest BCUT2D eigenvalue weighted by Crippen LogP contribution is 2.25. The van der Waals surface area contributed by atoms with Crippen LogP contribution < -0.4 is 14.8 Å². The van der Waals surface area contributed by atoms with Crippen LogP contribution >= 0.6 is 0 Å². The molecule has 23 heavy (non-hydrogen) atoms. The van der Waals surface area contributed by atoms with Crippen LogP contribution in [0.25, 0.3) is 0 Å². The van der Waals surface area contributed by atoms with E-state index in [2.05, 4.69) is 10.0 Å². The van der Waals surface area contributed by atoms with Gasteiger partial charge in [0, 0.05) is 18.2 Å². The molecular formula is C16H26N2O4S. The third-order valence-electron chi connectivity index (χ3n) is 2.86. The van der Waals surface area contributed by atoms with Gasteiger partial charge in [-0.2, -0.15) is 0 Å². The van der Waals surface area contributed by atoms with E-state index >= 15 is 0 Å². The van der Waals surface area contributed by atoms with Crippen molar-refractivity contribution in [2.75, 3.05) is 13.2 Å². The highest BCUT2D eigenvalue weighted by molar-refractivity contribution is 7.89. The molecule has 0 heterocycles. The minimum Gasteiger partial charge on any atom is -0.492 e. The standard InChI is InChI=1S/C16H26N2O4S/c1-6-22-14-8-7-13(16(19)17-10-11(2)3)9-15(14)23(20,21)18-12(4)5/h7-9,11-12,18H,6,10H2,1-5H3,(H,17,19). The third-order valence-corrected chi connectivity index (χ3v) is 4.54. The fourth-order valence-corrected chi connectivity index (χ4v) is 3.33. The summed E-state index contributed by atoms with van der Waals surface area (Å²) in [5, 5.41) is 2.77. The maximum Gasteiger partial charge on any atom is 0.251 e. The fourth-order valence-electron chi connectivity index (χ4n) is 1.91. The number of ether oxygens (including phenoxy) is 1. The van der Waals surface area contributed by atoms with Gasteiger partial charge >= 0.3 is 0 Å². The monoisotopic (exact) mass is 342 g/mol. The molecule has 1 amide bonds. The van der Waals surface area contributed by atoms with Crippen molar-refractivity contribution in [1.29, 1.82) is 0 Å². The van der Waals surface area contributed by atoms with Gasteiger partial charge in [-0.1, -0.05) is 13.8 Å². The topological polar surface area (TPSA) is 84.5 Å². The zero-order valence-corrected chi connectivity index (χ0v) is 15.2. The van der Waals surface area contributed by atoms with E-state index < -0.39 is 10.0 Å². The predicted molar refractivity (Wildman–Crippen MR) is 90.2 cm³/mol. The van der Waals surface area contributed by atoms with E-state index in [1.165, 1.54) is 12.1 Å². The van der Waals surface area contributed by atoms with Crippen LogP contribution in [0, 0.1) is 5.92 Å². The molecule has 0 bridgehead atoms. The van der Waals surface area contributed by atoms with Gasteiger partial charge < -0.3 is 10.1 Å². The maximum absolute atomic E-state index is 12.5. The van der Waals surface area contributed by atoms with E-state index in [1.807, 2.05) is 13.8 Å². The van der Waals surface area contributed by atoms with Gasteiger partial charge in [0.2, 0.25) is 10.0 Å². The van der Waals surface area contributed by atoms with E-state index in [0.29, 0.717) is 24.6 Å². The van der Waals surface area contributed by atoms with Gasteiger partial charge in [-0.3, -0.25) is 4.79 Å². The second-order valence-electron chi connectivity index (χ2n) is 5.97. The highest BCUT2D eigenvalue weighted by atomic mass is 32.2. The molecule has 0 unspecified atom stereocenters. The van der Waals surface area contributed by atoms with Crippen LogP contribution in [0.4, 0.5) is 0 Å². The Labute approximate surface area is 138 Å². The fraction of sp³-hybridized carbons (Fsp3) is 0.562. The summed E-state index contributed by atoms with van der Waals surface area (Å²) in [5.41, 5.74) is 0.290. The molecule has 0 atom stereocenters. The van der Waals surface area contributed by atoms with Gasteiger partial charge in [-0.05, 0) is 44.9 Å². The molecule has 2 N–H and O–H groups in total.